The quantitative estimate of drug-likeness (QED) is 0.667. The van der Waals surface area contributed by atoms with Crippen LogP contribution in [0.1, 0.15) is 47.5 Å². The van der Waals surface area contributed by atoms with Gasteiger partial charge in [-0.15, -0.1) is 0 Å². The molecule has 92 valence electrons. The molecule has 15 heavy (non-hydrogen) atoms. The molecule has 0 aromatic carbocycles. The summed E-state index contributed by atoms with van der Waals surface area (Å²) in [6.07, 6.45) is 1.75. The van der Waals surface area contributed by atoms with Gasteiger partial charge in [0.05, 0.1) is 11.7 Å². The van der Waals surface area contributed by atoms with Crippen LogP contribution in [0.2, 0.25) is 0 Å². The molecule has 0 aliphatic rings. The number of methoxy groups -OCH3 is 1. The van der Waals surface area contributed by atoms with Gasteiger partial charge in [-0.2, -0.15) is 0 Å². The second-order valence-corrected chi connectivity index (χ2v) is 5.45. The van der Waals surface area contributed by atoms with Crippen molar-refractivity contribution in [1.29, 1.82) is 0 Å². The van der Waals surface area contributed by atoms with Gasteiger partial charge in [0.15, 0.2) is 0 Å². The summed E-state index contributed by atoms with van der Waals surface area (Å²) < 4.78 is 10.5. The summed E-state index contributed by atoms with van der Waals surface area (Å²) in [6, 6.07) is 0. The van der Waals surface area contributed by atoms with Crippen molar-refractivity contribution in [2.24, 2.45) is 5.41 Å². The predicted molar refractivity (Wildman–Crippen MR) is 61.7 cm³/mol. The van der Waals surface area contributed by atoms with E-state index in [1.807, 2.05) is 13.8 Å². The Hall–Kier alpha value is -0.120. The molecular weight excluding hydrogens is 192 g/mol. The molecule has 0 aliphatic carbocycles. The van der Waals surface area contributed by atoms with E-state index in [0.29, 0.717) is 13.2 Å². The highest BCUT2D eigenvalue weighted by Gasteiger charge is 2.34. The lowest BCUT2D eigenvalue weighted by Gasteiger charge is -2.37. The van der Waals surface area contributed by atoms with Crippen LogP contribution in [0.3, 0.4) is 0 Å². The van der Waals surface area contributed by atoms with Gasteiger partial charge >= 0.3 is 0 Å². The molecule has 3 nitrogen and oxygen atoms in total. The molecule has 1 N–H and O–H groups in total. The van der Waals surface area contributed by atoms with E-state index >= 15 is 0 Å². The summed E-state index contributed by atoms with van der Waals surface area (Å²) >= 11 is 0. The Bertz CT molecular complexity index is 170. The monoisotopic (exact) mass is 218 g/mol. The zero-order valence-electron chi connectivity index (χ0n) is 11.0. The number of aliphatic hydroxyl groups is 1. The highest BCUT2D eigenvalue weighted by Crippen LogP contribution is 2.34. The Kier molecular flexibility index (Phi) is 5.78. The minimum Gasteiger partial charge on any atom is -0.390 e. The first-order valence-electron chi connectivity index (χ1n) is 5.56. The minimum absolute atomic E-state index is 0.0501. The normalized spacial score (nSPS) is 15.4. The molecule has 0 saturated heterocycles. The van der Waals surface area contributed by atoms with Gasteiger partial charge in [-0.05, 0) is 32.1 Å². The van der Waals surface area contributed by atoms with Crippen LogP contribution in [0.25, 0.3) is 0 Å². The second-order valence-electron chi connectivity index (χ2n) is 5.45. The van der Waals surface area contributed by atoms with Gasteiger partial charge in [0.25, 0.3) is 0 Å². The maximum absolute atomic E-state index is 9.84. The first-order chi connectivity index (χ1) is 6.73. The molecule has 0 saturated carbocycles. The lowest BCUT2D eigenvalue weighted by molar-refractivity contribution is -0.126. The van der Waals surface area contributed by atoms with Crippen LogP contribution in [-0.2, 0) is 9.47 Å². The van der Waals surface area contributed by atoms with Crippen LogP contribution in [0.15, 0.2) is 0 Å². The van der Waals surface area contributed by atoms with Crippen LogP contribution < -0.4 is 0 Å². The fourth-order valence-corrected chi connectivity index (χ4v) is 2.28. The number of hydrogen-bond acceptors (Lipinski definition) is 3. The SMILES string of the molecule is CCC(OCOC)C(C)(C)CC(C)(C)O. The number of hydrogen-bond donors (Lipinski definition) is 1. The second kappa shape index (κ2) is 5.83. The average Bonchev–Trinajstić information content (AvgIpc) is 2.00. The fourth-order valence-electron chi connectivity index (χ4n) is 2.28. The van der Waals surface area contributed by atoms with Crippen molar-refractivity contribution in [2.45, 2.75) is 59.2 Å². The van der Waals surface area contributed by atoms with E-state index < -0.39 is 5.60 Å². The highest BCUT2D eigenvalue weighted by atomic mass is 16.7. The van der Waals surface area contributed by atoms with Gasteiger partial charge in [-0.25, -0.2) is 0 Å². The maximum Gasteiger partial charge on any atom is 0.146 e. The molecule has 3 heteroatoms. The molecule has 0 bridgehead atoms. The summed E-state index contributed by atoms with van der Waals surface area (Å²) in [4.78, 5) is 0. The molecule has 0 spiro atoms. The lowest BCUT2D eigenvalue weighted by Crippen LogP contribution is -2.38. The van der Waals surface area contributed by atoms with E-state index in [-0.39, 0.29) is 11.5 Å². The van der Waals surface area contributed by atoms with E-state index in [4.69, 9.17) is 9.47 Å². The zero-order chi connectivity index (χ0) is 12.1. The third-order valence-electron chi connectivity index (χ3n) is 2.52. The third-order valence-corrected chi connectivity index (χ3v) is 2.52. The fraction of sp³-hybridized carbons (Fsp3) is 1.00. The Morgan fingerprint density at radius 2 is 1.73 bits per heavy atom. The Labute approximate surface area is 93.8 Å². The molecule has 0 radical (unpaired) electrons. The molecule has 0 amide bonds. The Morgan fingerprint density at radius 1 is 1.20 bits per heavy atom. The van der Waals surface area contributed by atoms with Crippen molar-refractivity contribution in [3.63, 3.8) is 0 Å². The van der Waals surface area contributed by atoms with E-state index in [1.54, 1.807) is 7.11 Å². The lowest BCUT2D eigenvalue weighted by atomic mass is 9.76. The average molecular weight is 218 g/mol. The smallest absolute Gasteiger partial charge is 0.146 e. The summed E-state index contributed by atoms with van der Waals surface area (Å²) in [7, 11) is 1.62. The van der Waals surface area contributed by atoms with Gasteiger partial charge in [0.2, 0.25) is 0 Å². The van der Waals surface area contributed by atoms with Crippen molar-refractivity contribution >= 4 is 0 Å². The van der Waals surface area contributed by atoms with Gasteiger partial charge in [-0.1, -0.05) is 20.8 Å². The number of ether oxygens (including phenoxy) is 2. The standard InChI is InChI=1S/C12H26O3/c1-7-10(15-9-14-6)11(2,3)8-12(4,5)13/h10,13H,7-9H2,1-6H3. The summed E-state index contributed by atoms with van der Waals surface area (Å²) in [5.74, 6) is 0. The molecule has 1 atom stereocenters. The van der Waals surface area contributed by atoms with Crippen LogP contribution in [-0.4, -0.2) is 30.7 Å². The molecule has 0 aromatic rings. The van der Waals surface area contributed by atoms with E-state index in [1.165, 1.54) is 0 Å². The van der Waals surface area contributed by atoms with Crippen molar-refractivity contribution < 1.29 is 14.6 Å². The van der Waals surface area contributed by atoms with E-state index in [0.717, 1.165) is 6.42 Å². The van der Waals surface area contributed by atoms with Crippen molar-refractivity contribution in [3.8, 4) is 0 Å². The Morgan fingerprint density at radius 3 is 2.07 bits per heavy atom. The minimum atomic E-state index is -0.659. The molecule has 1 unspecified atom stereocenters. The highest BCUT2D eigenvalue weighted by molar-refractivity contribution is 4.84. The first kappa shape index (κ1) is 14.9. The van der Waals surface area contributed by atoms with Crippen molar-refractivity contribution in [3.05, 3.63) is 0 Å². The molecular formula is C12H26O3. The largest absolute Gasteiger partial charge is 0.390 e. The van der Waals surface area contributed by atoms with Crippen LogP contribution in [0.5, 0.6) is 0 Å². The molecule has 0 aromatic heterocycles. The van der Waals surface area contributed by atoms with Crippen molar-refractivity contribution in [1.82, 2.24) is 0 Å². The summed E-state index contributed by atoms with van der Waals surface area (Å²) in [6.45, 7) is 10.3. The van der Waals surface area contributed by atoms with Gasteiger partial charge in [0, 0.05) is 7.11 Å². The van der Waals surface area contributed by atoms with E-state index in [2.05, 4.69) is 20.8 Å². The molecule has 0 aliphatic heterocycles. The van der Waals surface area contributed by atoms with Gasteiger partial charge < -0.3 is 14.6 Å². The van der Waals surface area contributed by atoms with Crippen LogP contribution >= 0.6 is 0 Å². The van der Waals surface area contributed by atoms with Crippen molar-refractivity contribution in [2.75, 3.05) is 13.9 Å². The Balaban J connectivity index is 4.37. The van der Waals surface area contributed by atoms with E-state index in [9.17, 15) is 5.11 Å². The third kappa shape index (κ3) is 6.13. The summed E-state index contributed by atoms with van der Waals surface area (Å²) in [5, 5.41) is 9.84. The summed E-state index contributed by atoms with van der Waals surface area (Å²) in [5.41, 5.74) is -0.709. The van der Waals surface area contributed by atoms with Gasteiger partial charge in [-0.3, -0.25) is 0 Å². The van der Waals surface area contributed by atoms with Crippen LogP contribution in [0, 0.1) is 5.41 Å². The predicted octanol–water partition coefficient (Wildman–Crippen LogP) is 2.57. The van der Waals surface area contributed by atoms with Gasteiger partial charge in [0.1, 0.15) is 6.79 Å². The molecule has 0 rings (SSSR count). The molecule has 0 fully saturated rings. The number of rotatable bonds is 7. The molecule has 0 heterocycles. The topological polar surface area (TPSA) is 38.7 Å². The maximum atomic E-state index is 9.84. The van der Waals surface area contributed by atoms with Crippen LogP contribution in [0.4, 0.5) is 0 Å². The first-order valence-corrected chi connectivity index (χ1v) is 5.56. The zero-order valence-corrected chi connectivity index (χ0v) is 11.0.